The lowest BCUT2D eigenvalue weighted by Crippen LogP contribution is -2.20. The molecule has 2 aromatic carbocycles. The van der Waals surface area contributed by atoms with Crippen LogP contribution in [-0.2, 0) is 4.79 Å². The molecule has 2 N–H and O–H groups in total. The number of carbonyl (C=O) groups is 2. The van der Waals surface area contributed by atoms with Crippen LogP contribution in [0.2, 0.25) is 0 Å². The highest BCUT2D eigenvalue weighted by Gasteiger charge is 2.10. The Hall–Kier alpha value is -3.74. The maximum Gasteiger partial charge on any atom is 0.291 e. The van der Waals surface area contributed by atoms with E-state index in [0.29, 0.717) is 22.9 Å². The van der Waals surface area contributed by atoms with E-state index in [9.17, 15) is 9.59 Å². The van der Waals surface area contributed by atoms with Crippen molar-refractivity contribution in [3.05, 3.63) is 72.7 Å². The number of nitrogens with one attached hydrogen (secondary N) is 2. The third-order valence-electron chi connectivity index (χ3n) is 3.56. The molecular formula is C20H18N2O5. The predicted molar refractivity (Wildman–Crippen MR) is 100 cm³/mol. The Morgan fingerprint density at radius 1 is 0.926 bits per heavy atom. The van der Waals surface area contributed by atoms with Crippen molar-refractivity contribution in [1.29, 1.82) is 0 Å². The summed E-state index contributed by atoms with van der Waals surface area (Å²) < 4.78 is 15.6. The van der Waals surface area contributed by atoms with Gasteiger partial charge in [-0.2, -0.15) is 0 Å². The van der Waals surface area contributed by atoms with Crippen LogP contribution in [-0.4, -0.2) is 25.5 Å². The number of rotatable bonds is 7. The van der Waals surface area contributed by atoms with E-state index >= 15 is 0 Å². The molecule has 1 heterocycles. The van der Waals surface area contributed by atoms with Crippen molar-refractivity contribution >= 4 is 23.2 Å². The van der Waals surface area contributed by atoms with E-state index in [-0.39, 0.29) is 24.2 Å². The number of carbonyl (C=O) groups excluding carboxylic acids is 2. The molecule has 0 radical (unpaired) electrons. The first-order valence-corrected chi connectivity index (χ1v) is 8.15. The topological polar surface area (TPSA) is 89.8 Å². The van der Waals surface area contributed by atoms with Gasteiger partial charge in [-0.25, -0.2) is 0 Å². The van der Waals surface area contributed by atoms with Gasteiger partial charge in [-0.1, -0.05) is 12.1 Å². The lowest BCUT2D eigenvalue weighted by molar-refractivity contribution is -0.118. The number of methoxy groups -OCH3 is 1. The van der Waals surface area contributed by atoms with Gasteiger partial charge in [0.2, 0.25) is 0 Å². The lowest BCUT2D eigenvalue weighted by atomic mass is 10.2. The minimum atomic E-state index is -0.371. The Kier molecular flexibility index (Phi) is 5.73. The fourth-order valence-corrected chi connectivity index (χ4v) is 2.31. The van der Waals surface area contributed by atoms with Gasteiger partial charge in [0.15, 0.2) is 12.4 Å². The summed E-state index contributed by atoms with van der Waals surface area (Å²) in [5.74, 6) is 0.685. The molecule has 0 saturated heterocycles. The number of hydrogen-bond acceptors (Lipinski definition) is 5. The van der Waals surface area contributed by atoms with Crippen molar-refractivity contribution in [3.63, 3.8) is 0 Å². The van der Waals surface area contributed by atoms with Gasteiger partial charge in [0.05, 0.1) is 13.4 Å². The summed E-state index contributed by atoms with van der Waals surface area (Å²) >= 11 is 0. The highest BCUT2D eigenvalue weighted by molar-refractivity contribution is 6.02. The molecule has 0 aliphatic carbocycles. The van der Waals surface area contributed by atoms with Crippen molar-refractivity contribution in [1.82, 2.24) is 0 Å². The van der Waals surface area contributed by atoms with E-state index < -0.39 is 0 Å². The Labute approximate surface area is 155 Å². The van der Waals surface area contributed by atoms with Crippen LogP contribution in [0.1, 0.15) is 10.6 Å². The molecule has 0 fully saturated rings. The summed E-state index contributed by atoms with van der Waals surface area (Å²) in [6, 6.07) is 17.0. The van der Waals surface area contributed by atoms with E-state index in [1.807, 2.05) is 0 Å². The third-order valence-corrected chi connectivity index (χ3v) is 3.56. The minimum Gasteiger partial charge on any atom is -0.497 e. The molecule has 0 aliphatic rings. The molecule has 3 aromatic rings. The predicted octanol–water partition coefficient (Wildman–Crippen LogP) is 3.56. The second-order valence-corrected chi connectivity index (χ2v) is 5.53. The molecule has 0 bridgehead atoms. The Bertz CT molecular complexity index is 922. The minimum absolute atomic E-state index is 0.157. The average Bonchev–Trinajstić information content (AvgIpc) is 3.22. The summed E-state index contributed by atoms with van der Waals surface area (Å²) in [6.07, 6.45) is 1.42. The molecule has 3 rings (SSSR count). The molecule has 7 nitrogen and oxygen atoms in total. The Balaban J connectivity index is 1.55. The normalized spacial score (nSPS) is 10.1. The number of amides is 2. The second kappa shape index (κ2) is 8.57. The summed E-state index contributed by atoms with van der Waals surface area (Å²) in [5, 5.41) is 5.42. The number of ether oxygens (including phenoxy) is 2. The summed E-state index contributed by atoms with van der Waals surface area (Å²) in [7, 11) is 1.56. The zero-order chi connectivity index (χ0) is 19.1. The van der Waals surface area contributed by atoms with Crippen LogP contribution in [0.25, 0.3) is 0 Å². The van der Waals surface area contributed by atoms with Gasteiger partial charge in [0.25, 0.3) is 11.8 Å². The van der Waals surface area contributed by atoms with Crippen LogP contribution in [0.4, 0.5) is 11.4 Å². The fourth-order valence-electron chi connectivity index (χ4n) is 2.31. The Morgan fingerprint density at radius 3 is 2.41 bits per heavy atom. The van der Waals surface area contributed by atoms with Crippen LogP contribution in [0, 0.1) is 0 Å². The van der Waals surface area contributed by atoms with Crippen LogP contribution in [0.3, 0.4) is 0 Å². The third kappa shape index (κ3) is 5.12. The van der Waals surface area contributed by atoms with Gasteiger partial charge in [-0.3, -0.25) is 9.59 Å². The first-order chi connectivity index (χ1) is 13.1. The number of anilines is 2. The van der Waals surface area contributed by atoms with Crippen molar-refractivity contribution in [2.45, 2.75) is 0 Å². The largest absolute Gasteiger partial charge is 0.497 e. The molecule has 0 spiro atoms. The number of benzene rings is 2. The average molecular weight is 366 g/mol. The van der Waals surface area contributed by atoms with Crippen molar-refractivity contribution in [2.75, 3.05) is 24.4 Å². The van der Waals surface area contributed by atoms with Crippen molar-refractivity contribution in [2.24, 2.45) is 0 Å². The maximum atomic E-state index is 12.1. The van der Waals surface area contributed by atoms with Gasteiger partial charge < -0.3 is 24.5 Å². The summed E-state index contributed by atoms with van der Waals surface area (Å²) in [4.78, 5) is 24.1. The zero-order valence-corrected chi connectivity index (χ0v) is 14.6. The molecule has 7 heteroatoms. The monoisotopic (exact) mass is 366 g/mol. The fraction of sp³-hybridized carbons (Fsp3) is 0.100. The first-order valence-electron chi connectivity index (χ1n) is 8.15. The summed E-state index contributed by atoms with van der Waals surface area (Å²) in [5.41, 5.74) is 1.06. The summed E-state index contributed by atoms with van der Waals surface area (Å²) in [6.45, 7) is -0.157. The maximum absolute atomic E-state index is 12.1. The molecule has 0 saturated carbocycles. The van der Waals surface area contributed by atoms with E-state index in [2.05, 4.69) is 10.6 Å². The molecule has 2 amide bonds. The molecule has 1 aromatic heterocycles. The Morgan fingerprint density at radius 2 is 1.67 bits per heavy atom. The van der Waals surface area contributed by atoms with E-state index in [1.165, 1.54) is 6.26 Å². The molecular weight excluding hydrogens is 348 g/mol. The molecule has 0 aliphatic heterocycles. The quantitative estimate of drug-likeness (QED) is 0.667. The highest BCUT2D eigenvalue weighted by Crippen LogP contribution is 2.19. The number of hydrogen-bond donors (Lipinski definition) is 2. The van der Waals surface area contributed by atoms with Crippen molar-refractivity contribution in [3.8, 4) is 11.5 Å². The standard InChI is InChI=1S/C20H18N2O5/c1-25-16-7-3-8-17(12-16)27-13-19(23)21-14-5-2-6-15(11-14)22-20(24)18-9-4-10-26-18/h2-12H,13H2,1H3,(H,21,23)(H,22,24). The van der Waals surface area contributed by atoms with Gasteiger partial charge in [0.1, 0.15) is 11.5 Å². The van der Waals surface area contributed by atoms with Gasteiger partial charge in [-0.05, 0) is 42.5 Å². The molecule has 138 valence electrons. The van der Waals surface area contributed by atoms with E-state index in [0.717, 1.165) is 0 Å². The van der Waals surface area contributed by atoms with Gasteiger partial charge >= 0.3 is 0 Å². The van der Waals surface area contributed by atoms with Crippen LogP contribution in [0.5, 0.6) is 11.5 Å². The van der Waals surface area contributed by atoms with Crippen LogP contribution in [0.15, 0.2) is 71.3 Å². The van der Waals surface area contributed by atoms with Crippen molar-refractivity contribution < 1.29 is 23.5 Å². The lowest BCUT2D eigenvalue weighted by Gasteiger charge is -2.10. The second-order valence-electron chi connectivity index (χ2n) is 5.53. The van der Waals surface area contributed by atoms with E-state index in [1.54, 1.807) is 67.8 Å². The smallest absolute Gasteiger partial charge is 0.291 e. The SMILES string of the molecule is COc1cccc(OCC(=O)Nc2cccc(NC(=O)c3ccco3)c2)c1. The van der Waals surface area contributed by atoms with Crippen LogP contribution >= 0.6 is 0 Å². The molecule has 27 heavy (non-hydrogen) atoms. The highest BCUT2D eigenvalue weighted by atomic mass is 16.5. The molecule has 0 atom stereocenters. The first kappa shape index (κ1) is 18.1. The number of furan rings is 1. The van der Waals surface area contributed by atoms with Gasteiger partial charge in [0, 0.05) is 17.4 Å². The van der Waals surface area contributed by atoms with Gasteiger partial charge in [-0.15, -0.1) is 0 Å². The van der Waals surface area contributed by atoms with E-state index in [4.69, 9.17) is 13.9 Å². The van der Waals surface area contributed by atoms with Crippen LogP contribution < -0.4 is 20.1 Å². The molecule has 0 unspecified atom stereocenters. The zero-order valence-electron chi connectivity index (χ0n) is 14.6.